The molecule has 0 spiro atoms. The quantitative estimate of drug-likeness (QED) is 0.0740. The normalized spacial score (nSPS) is 12.4. The summed E-state index contributed by atoms with van der Waals surface area (Å²) in [5.74, 6) is 0.526. The molecule has 238 valence electrons. The number of aryl methyl sites for hydroxylation is 1. The van der Waals surface area contributed by atoms with E-state index < -0.39 is 18.0 Å². The van der Waals surface area contributed by atoms with Gasteiger partial charge in [-0.2, -0.15) is 0 Å². The van der Waals surface area contributed by atoms with Crippen LogP contribution in [0.15, 0.2) is 54.6 Å². The van der Waals surface area contributed by atoms with E-state index >= 15 is 0 Å². The van der Waals surface area contributed by atoms with Gasteiger partial charge in [-0.1, -0.05) is 89.4 Å². The van der Waals surface area contributed by atoms with Gasteiger partial charge < -0.3 is 28.2 Å². The van der Waals surface area contributed by atoms with Crippen LogP contribution in [0.4, 0.5) is 0 Å². The van der Waals surface area contributed by atoms with E-state index in [1.165, 1.54) is 44.1 Å². The lowest BCUT2D eigenvalue weighted by Crippen LogP contribution is -2.17. The fraction of sp³-hybridized carbons (Fsp3) is 0.625. The van der Waals surface area contributed by atoms with Crippen molar-refractivity contribution in [3.05, 3.63) is 60.2 Å². The van der Waals surface area contributed by atoms with E-state index in [2.05, 4.69) is 19.1 Å². The monoisotopic (exact) mass is 625 g/mol. The zero-order valence-corrected chi connectivity index (χ0v) is 27.0. The summed E-state index contributed by atoms with van der Waals surface area (Å²) in [4.78, 5) is 0. The van der Waals surface area contributed by atoms with Crippen LogP contribution in [0.3, 0.4) is 0 Å². The van der Waals surface area contributed by atoms with Crippen molar-refractivity contribution in [2.45, 2.75) is 51.9 Å². The van der Waals surface area contributed by atoms with Crippen LogP contribution in [-0.4, -0.2) is 90.5 Å². The summed E-state index contributed by atoms with van der Waals surface area (Å²) in [5.41, 5.74) is 1.37. The van der Waals surface area contributed by atoms with Crippen molar-refractivity contribution in [1.82, 2.24) is 0 Å². The van der Waals surface area contributed by atoms with Gasteiger partial charge in [-0.25, -0.2) is 8.42 Å². The Morgan fingerprint density at radius 2 is 1.19 bits per heavy atom. The Morgan fingerprint density at radius 1 is 0.643 bits per heavy atom. The lowest BCUT2D eigenvalue weighted by atomic mass is 10.0. The van der Waals surface area contributed by atoms with E-state index in [0.29, 0.717) is 71.8 Å². The Labute approximate surface area is 254 Å². The molecule has 0 aromatic heterocycles. The van der Waals surface area contributed by atoms with Gasteiger partial charge in [0, 0.05) is 5.75 Å². The van der Waals surface area contributed by atoms with Gasteiger partial charge in [0.2, 0.25) is 0 Å². The molecular weight excluding hydrogens is 575 g/mol. The largest absolute Gasteiger partial charge is 0.748 e. The standard InChI is InChI=1S/C32H51O8PS/c1-2-3-4-5-6-8-11-30-14-16-31(17-15-30)40-25-24-38-21-20-36-18-19-37-22-23-39-26-27-41(28-29-42(33,34)35)32-12-9-7-10-13-32/h7,9-10,12-17H,2-6,8,11,18-29H2,1H3,(H,33,34,35)/p-1. The van der Waals surface area contributed by atoms with Crippen molar-refractivity contribution >= 4 is 23.3 Å². The smallest absolute Gasteiger partial charge is 0.119 e. The third kappa shape index (κ3) is 19.6. The first-order chi connectivity index (χ1) is 20.5. The molecule has 0 aliphatic heterocycles. The van der Waals surface area contributed by atoms with E-state index in [1.807, 2.05) is 42.5 Å². The maximum Gasteiger partial charge on any atom is 0.119 e. The second-order valence-electron chi connectivity index (χ2n) is 10.0. The van der Waals surface area contributed by atoms with Crippen LogP contribution in [0.25, 0.3) is 0 Å². The van der Waals surface area contributed by atoms with Crippen LogP contribution >= 0.6 is 7.92 Å². The molecule has 0 fully saturated rings. The number of unbranched alkanes of at least 4 members (excludes halogenated alkanes) is 5. The number of hydrogen-bond donors (Lipinski definition) is 0. The molecule has 0 bridgehead atoms. The van der Waals surface area contributed by atoms with Gasteiger partial charge in [0.15, 0.2) is 0 Å². The van der Waals surface area contributed by atoms with Crippen LogP contribution in [0.2, 0.25) is 0 Å². The van der Waals surface area contributed by atoms with E-state index in [1.54, 1.807) is 0 Å². The Balaban J connectivity index is 1.38. The number of rotatable bonds is 27. The van der Waals surface area contributed by atoms with Crippen LogP contribution in [0, 0.1) is 0 Å². The van der Waals surface area contributed by atoms with Crippen molar-refractivity contribution < 1.29 is 36.7 Å². The first-order valence-electron chi connectivity index (χ1n) is 15.2. The van der Waals surface area contributed by atoms with Gasteiger partial charge >= 0.3 is 0 Å². The topological polar surface area (TPSA) is 103 Å². The molecule has 8 nitrogen and oxygen atoms in total. The summed E-state index contributed by atoms with van der Waals surface area (Å²) >= 11 is 0. The molecule has 0 radical (unpaired) electrons. The molecule has 0 heterocycles. The molecule has 10 heteroatoms. The molecule has 0 N–H and O–H groups in total. The first kappa shape index (κ1) is 36.6. The fourth-order valence-electron chi connectivity index (χ4n) is 4.25. The average molecular weight is 626 g/mol. The molecule has 2 aromatic rings. The molecular formula is C32H50O8PS-. The third-order valence-corrected chi connectivity index (χ3v) is 10.1. The predicted octanol–water partition coefficient (Wildman–Crippen LogP) is 5.39. The Bertz CT molecular complexity index is 1000. The molecule has 0 saturated carbocycles. The van der Waals surface area contributed by atoms with Crippen LogP contribution in [0.1, 0.15) is 51.0 Å². The fourth-order valence-corrected chi connectivity index (χ4v) is 7.71. The minimum atomic E-state index is -4.22. The van der Waals surface area contributed by atoms with E-state index in [-0.39, 0.29) is 5.75 Å². The molecule has 0 aliphatic carbocycles. The van der Waals surface area contributed by atoms with E-state index in [4.69, 9.17) is 23.7 Å². The summed E-state index contributed by atoms with van der Waals surface area (Å²) in [6, 6.07) is 18.1. The molecule has 1 unspecified atom stereocenters. The highest BCUT2D eigenvalue weighted by molar-refractivity contribution is 7.86. The van der Waals surface area contributed by atoms with Crippen molar-refractivity contribution in [2.75, 3.05) is 77.5 Å². The minimum Gasteiger partial charge on any atom is -0.748 e. The summed E-state index contributed by atoms with van der Waals surface area (Å²) in [7, 11) is -4.99. The third-order valence-electron chi connectivity index (χ3n) is 6.59. The van der Waals surface area contributed by atoms with Crippen molar-refractivity contribution in [1.29, 1.82) is 0 Å². The van der Waals surface area contributed by atoms with Gasteiger partial charge in [-0.3, -0.25) is 0 Å². The van der Waals surface area contributed by atoms with E-state index in [9.17, 15) is 13.0 Å². The number of benzene rings is 2. The average Bonchev–Trinajstić information content (AvgIpc) is 2.99. The van der Waals surface area contributed by atoms with Gasteiger partial charge in [0.05, 0.1) is 63.0 Å². The van der Waals surface area contributed by atoms with Crippen molar-refractivity contribution in [3.63, 3.8) is 0 Å². The lowest BCUT2D eigenvalue weighted by Gasteiger charge is -2.19. The number of hydrogen-bond acceptors (Lipinski definition) is 8. The molecule has 2 aromatic carbocycles. The van der Waals surface area contributed by atoms with Gasteiger partial charge in [0.25, 0.3) is 0 Å². The minimum absolute atomic E-state index is 0.344. The van der Waals surface area contributed by atoms with Gasteiger partial charge in [0.1, 0.15) is 12.4 Å². The summed E-state index contributed by atoms with van der Waals surface area (Å²) in [6.07, 6.45) is 10.1. The first-order valence-corrected chi connectivity index (χ1v) is 18.5. The zero-order chi connectivity index (χ0) is 30.1. The van der Waals surface area contributed by atoms with Crippen LogP contribution in [-0.2, 0) is 35.5 Å². The van der Waals surface area contributed by atoms with Crippen LogP contribution < -0.4 is 10.0 Å². The SMILES string of the molecule is CCCCCCCCc1ccc(OCCOCCOCCOCCOCCP(CCS(=O)(=O)[O-])c2ccccc2)cc1. The molecule has 0 aliphatic rings. The van der Waals surface area contributed by atoms with Gasteiger partial charge in [-0.05, 0) is 48.2 Å². The molecule has 42 heavy (non-hydrogen) atoms. The highest BCUT2D eigenvalue weighted by atomic mass is 32.2. The lowest BCUT2D eigenvalue weighted by molar-refractivity contribution is -0.00324. The Hall–Kier alpha value is -1.58. The molecule has 2 rings (SSSR count). The number of ether oxygens (including phenoxy) is 5. The Morgan fingerprint density at radius 3 is 1.79 bits per heavy atom. The second kappa shape index (κ2) is 23.8. The Kier molecular flexibility index (Phi) is 20.8. The second-order valence-corrected chi connectivity index (χ2v) is 14.1. The zero-order valence-electron chi connectivity index (χ0n) is 25.3. The van der Waals surface area contributed by atoms with Crippen molar-refractivity contribution in [3.8, 4) is 5.75 Å². The molecule has 1 atom stereocenters. The molecule has 0 amide bonds. The highest BCUT2D eigenvalue weighted by Crippen LogP contribution is 2.33. The predicted molar refractivity (Wildman–Crippen MR) is 170 cm³/mol. The summed E-state index contributed by atoms with van der Waals surface area (Å²) in [5, 5.41) is 1.08. The maximum absolute atomic E-state index is 11.1. The van der Waals surface area contributed by atoms with Crippen molar-refractivity contribution in [2.24, 2.45) is 0 Å². The summed E-state index contributed by atoms with van der Waals surface area (Å²) < 4.78 is 61.2. The molecule has 0 saturated heterocycles. The highest BCUT2D eigenvalue weighted by Gasteiger charge is 2.12. The van der Waals surface area contributed by atoms with E-state index in [0.717, 1.165) is 17.5 Å². The van der Waals surface area contributed by atoms with Crippen LogP contribution in [0.5, 0.6) is 5.75 Å². The summed E-state index contributed by atoms with van der Waals surface area (Å²) in [6.45, 7) is 6.60. The maximum atomic E-state index is 11.1. The van der Waals surface area contributed by atoms with Gasteiger partial charge in [-0.15, -0.1) is 0 Å².